The first-order chi connectivity index (χ1) is 12.1. The monoisotopic (exact) mass is 344 g/mol. The summed E-state index contributed by atoms with van der Waals surface area (Å²) < 4.78 is 15.8. The van der Waals surface area contributed by atoms with Gasteiger partial charge in [0.15, 0.2) is 0 Å². The highest BCUT2D eigenvalue weighted by molar-refractivity contribution is 5.91. The number of methoxy groups -OCH3 is 2. The van der Waals surface area contributed by atoms with Crippen LogP contribution >= 0.6 is 0 Å². The van der Waals surface area contributed by atoms with Crippen LogP contribution in [0.4, 0.5) is 10.5 Å². The Balaban J connectivity index is 1.99. The molecule has 2 rings (SSSR count). The summed E-state index contributed by atoms with van der Waals surface area (Å²) in [6, 6.07) is 12.4. The molecule has 2 amide bonds. The molecule has 0 aliphatic carbocycles. The van der Waals surface area contributed by atoms with Crippen LogP contribution in [0, 0.1) is 0 Å². The van der Waals surface area contributed by atoms with Crippen LogP contribution in [-0.2, 0) is 0 Å². The minimum Gasteiger partial charge on any atom is -0.497 e. The molecule has 0 unspecified atom stereocenters. The Morgan fingerprint density at radius 3 is 2.32 bits per heavy atom. The molecule has 134 valence electrons. The third-order valence-corrected chi connectivity index (χ3v) is 3.70. The Bertz CT molecular complexity index is 701. The average Bonchev–Trinajstić information content (AvgIpc) is 2.62. The van der Waals surface area contributed by atoms with E-state index >= 15 is 0 Å². The van der Waals surface area contributed by atoms with Gasteiger partial charge in [-0.25, -0.2) is 4.79 Å². The van der Waals surface area contributed by atoms with E-state index < -0.39 is 0 Å². The van der Waals surface area contributed by atoms with Gasteiger partial charge in [-0.2, -0.15) is 0 Å². The largest absolute Gasteiger partial charge is 0.497 e. The topological polar surface area (TPSA) is 68.8 Å². The van der Waals surface area contributed by atoms with E-state index in [2.05, 4.69) is 10.6 Å². The van der Waals surface area contributed by atoms with Crippen LogP contribution in [0.15, 0.2) is 42.5 Å². The van der Waals surface area contributed by atoms with Crippen molar-refractivity contribution in [3.63, 3.8) is 0 Å². The van der Waals surface area contributed by atoms with Gasteiger partial charge in [-0.05, 0) is 43.7 Å². The normalized spacial score (nSPS) is 11.4. The summed E-state index contributed by atoms with van der Waals surface area (Å²) in [5.41, 5.74) is 1.56. The number of rotatable bonds is 7. The van der Waals surface area contributed by atoms with Crippen LogP contribution in [0.3, 0.4) is 0 Å². The van der Waals surface area contributed by atoms with Crippen molar-refractivity contribution in [2.45, 2.75) is 19.9 Å². The van der Waals surface area contributed by atoms with Crippen molar-refractivity contribution in [2.75, 3.05) is 26.1 Å². The van der Waals surface area contributed by atoms with Crippen molar-refractivity contribution in [1.82, 2.24) is 5.32 Å². The highest BCUT2D eigenvalue weighted by atomic mass is 16.5. The summed E-state index contributed by atoms with van der Waals surface area (Å²) >= 11 is 0. The fourth-order valence-electron chi connectivity index (χ4n) is 2.36. The fraction of sp³-hybridized carbons (Fsp3) is 0.316. The van der Waals surface area contributed by atoms with E-state index in [-0.39, 0.29) is 12.1 Å². The molecular weight excluding hydrogens is 320 g/mol. The standard InChI is InChI=1S/C19H24N2O4/c1-5-25-15-8-6-14(7-9-15)13(2)20-19(22)21-17-11-10-16(23-3)12-18(17)24-4/h6-13H,5H2,1-4H3,(H2,20,21,22)/t13-/m0/s1. The third kappa shape index (κ3) is 5.04. The van der Waals surface area contributed by atoms with Gasteiger partial charge in [0, 0.05) is 6.07 Å². The first kappa shape index (κ1) is 18.4. The van der Waals surface area contributed by atoms with Gasteiger partial charge in [-0.1, -0.05) is 12.1 Å². The molecule has 0 saturated heterocycles. The summed E-state index contributed by atoms with van der Waals surface area (Å²) in [5.74, 6) is 2.00. The lowest BCUT2D eigenvalue weighted by Gasteiger charge is -2.17. The van der Waals surface area contributed by atoms with Gasteiger partial charge in [-0.3, -0.25) is 0 Å². The van der Waals surface area contributed by atoms with Crippen molar-refractivity contribution in [3.8, 4) is 17.2 Å². The zero-order chi connectivity index (χ0) is 18.2. The van der Waals surface area contributed by atoms with Gasteiger partial charge in [0.2, 0.25) is 0 Å². The predicted molar refractivity (Wildman–Crippen MR) is 97.7 cm³/mol. The van der Waals surface area contributed by atoms with Gasteiger partial charge in [-0.15, -0.1) is 0 Å². The molecule has 6 nitrogen and oxygen atoms in total. The molecule has 0 saturated carbocycles. The van der Waals surface area contributed by atoms with Crippen LogP contribution in [-0.4, -0.2) is 26.9 Å². The van der Waals surface area contributed by atoms with Crippen molar-refractivity contribution < 1.29 is 19.0 Å². The molecule has 0 fully saturated rings. The van der Waals surface area contributed by atoms with Gasteiger partial charge in [0.1, 0.15) is 17.2 Å². The van der Waals surface area contributed by atoms with Crippen molar-refractivity contribution in [2.24, 2.45) is 0 Å². The number of hydrogen-bond acceptors (Lipinski definition) is 4. The molecular formula is C19H24N2O4. The molecule has 2 aromatic carbocycles. The van der Waals surface area contributed by atoms with Gasteiger partial charge in [0.25, 0.3) is 0 Å². The van der Waals surface area contributed by atoms with Gasteiger partial charge >= 0.3 is 6.03 Å². The number of carbonyl (C=O) groups is 1. The maximum atomic E-state index is 12.3. The Morgan fingerprint density at radius 2 is 1.72 bits per heavy atom. The number of nitrogens with one attached hydrogen (secondary N) is 2. The Kier molecular flexibility index (Phi) is 6.51. The quantitative estimate of drug-likeness (QED) is 0.797. The van der Waals surface area contributed by atoms with Gasteiger partial charge in [0.05, 0.1) is 32.6 Å². The summed E-state index contributed by atoms with van der Waals surface area (Å²) in [6.45, 7) is 4.48. The number of benzene rings is 2. The van der Waals surface area contributed by atoms with Crippen LogP contribution in [0.5, 0.6) is 17.2 Å². The van der Waals surface area contributed by atoms with E-state index in [4.69, 9.17) is 14.2 Å². The fourth-order valence-corrected chi connectivity index (χ4v) is 2.36. The Morgan fingerprint density at radius 1 is 1.04 bits per heavy atom. The Hall–Kier alpha value is -2.89. The number of urea groups is 1. The number of amides is 2. The number of anilines is 1. The molecule has 6 heteroatoms. The van der Waals surface area contributed by atoms with Crippen molar-refractivity contribution in [3.05, 3.63) is 48.0 Å². The van der Waals surface area contributed by atoms with E-state index in [0.717, 1.165) is 11.3 Å². The molecule has 0 aliphatic heterocycles. The average molecular weight is 344 g/mol. The summed E-state index contributed by atoms with van der Waals surface area (Å²) in [5, 5.41) is 5.69. The highest BCUT2D eigenvalue weighted by Gasteiger charge is 2.12. The minimum atomic E-state index is -0.315. The Labute approximate surface area is 148 Å². The molecule has 0 aliphatic rings. The number of hydrogen-bond donors (Lipinski definition) is 2. The smallest absolute Gasteiger partial charge is 0.319 e. The lowest BCUT2D eigenvalue weighted by molar-refractivity contribution is 0.249. The van der Waals surface area contributed by atoms with Crippen molar-refractivity contribution in [1.29, 1.82) is 0 Å². The lowest BCUT2D eigenvalue weighted by Crippen LogP contribution is -2.31. The second kappa shape index (κ2) is 8.82. The van der Waals surface area contributed by atoms with E-state index in [1.165, 1.54) is 0 Å². The summed E-state index contributed by atoms with van der Waals surface area (Å²) in [7, 11) is 3.12. The van der Waals surface area contributed by atoms with E-state index in [0.29, 0.717) is 23.8 Å². The lowest BCUT2D eigenvalue weighted by atomic mass is 10.1. The molecule has 0 radical (unpaired) electrons. The number of ether oxygens (including phenoxy) is 3. The maximum absolute atomic E-state index is 12.3. The number of carbonyl (C=O) groups excluding carboxylic acids is 1. The van der Waals surface area contributed by atoms with Crippen LogP contribution in [0.1, 0.15) is 25.5 Å². The van der Waals surface area contributed by atoms with E-state index in [9.17, 15) is 4.79 Å². The van der Waals surface area contributed by atoms with Gasteiger partial charge < -0.3 is 24.8 Å². The van der Waals surface area contributed by atoms with Crippen LogP contribution < -0.4 is 24.8 Å². The molecule has 2 aromatic rings. The molecule has 25 heavy (non-hydrogen) atoms. The SMILES string of the molecule is CCOc1ccc([C@H](C)NC(=O)Nc2ccc(OC)cc2OC)cc1. The molecule has 0 heterocycles. The molecule has 0 spiro atoms. The summed E-state index contributed by atoms with van der Waals surface area (Å²) in [6.07, 6.45) is 0. The van der Waals surface area contributed by atoms with E-state index in [1.54, 1.807) is 32.4 Å². The first-order valence-electron chi connectivity index (χ1n) is 8.09. The zero-order valence-electron chi connectivity index (χ0n) is 15.0. The second-order valence-electron chi connectivity index (χ2n) is 5.39. The van der Waals surface area contributed by atoms with Crippen LogP contribution in [0.25, 0.3) is 0 Å². The molecule has 0 bridgehead atoms. The molecule has 1 atom stereocenters. The first-order valence-corrected chi connectivity index (χ1v) is 8.09. The van der Waals surface area contributed by atoms with Crippen LogP contribution in [0.2, 0.25) is 0 Å². The molecule has 2 N–H and O–H groups in total. The predicted octanol–water partition coefficient (Wildman–Crippen LogP) is 3.99. The minimum absolute atomic E-state index is 0.153. The zero-order valence-corrected chi connectivity index (χ0v) is 15.0. The van der Waals surface area contributed by atoms with Crippen molar-refractivity contribution >= 4 is 11.7 Å². The second-order valence-corrected chi connectivity index (χ2v) is 5.39. The van der Waals surface area contributed by atoms with E-state index in [1.807, 2.05) is 38.1 Å². The third-order valence-electron chi connectivity index (χ3n) is 3.70. The highest BCUT2D eigenvalue weighted by Crippen LogP contribution is 2.29. The molecule has 0 aromatic heterocycles. The summed E-state index contributed by atoms with van der Waals surface area (Å²) in [4.78, 5) is 12.3. The maximum Gasteiger partial charge on any atom is 0.319 e.